The number of nitrogens with zero attached hydrogens (tertiary/aromatic N) is 1. The fourth-order valence-electron chi connectivity index (χ4n) is 3.22. The van der Waals surface area contributed by atoms with Crippen LogP contribution < -0.4 is 10.6 Å². The average molecular weight is 355 g/mol. The zero-order valence-corrected chi connectivity index (χ0v) is 14.1. The Kier molecular flexibility index (Phi) is 5.51. The zero-order valence-electron chi connectivity index (χ0n) is 14.1. The van der Waals surface area contributed by atoms with Crippen molar-refractivity contribution in [2.24, 2.45) is 5.92 Å². The SMILES string of the molecule is O=C(Nc1ccc(CC(F)(F)F)cc1)NC1CCN(CC2CC2)CC1. The van der Waals surface area contributed by atoms with E-state index in [2.05, 4.69) is 15.5 Å². The zero-order chi connectivity index (χ0) is 17.9. The highest BCUT2D eigenvalue weighted by molar-refractivity contribution is 5.89. The highest BCUT2D eigenvalue weighted by atomic mass is 19.4. The standard InChI is InChI=1S/C18H24F3N3O/c19-18(20,21)11-13-3-5-15(6-4-13)22-17(25)23-16-7-9-24(10-8-16)12-14-1-2-14/h3-6,14,16H,1-2,7-12H2,(H2,22,23,25). The van der Waals surface area contributed by atoms with Crippen LogP contribution in [0.2, 0.25) is 0 Å². The number of amides is 2. The molecular formula is C18H24F3N3O. The van der Waals surface area contributed by atoms with Gasteiger partial charge in [0.1, 0.15) is 0 Å². The van der Waals surface area contributed by atoms with Crippen LogP contribution in [0.15, 0.2) is 24.3 Å². The van der Waals surface area contributed by atoms with E-state index in [0.717, 1.165) is 31.8 Å². The number of piperidine rings is 1. The first-order chi connectivity index (χ1) is 11.9. The van der Waals surface area contributed by atoms with Crippen LogP contribution in [-0.2, 0) is 6.42 Å². The maximum atomic E-state index is 12.3. The predicted molar refractivity (Wildman–Crippen MR) is 90.5 cm³/mol. The first-order valence-corrected chi connectivity index (χ1v) is 8.83. The monoisotopic (exact) mass is 355 g/mol. The van der Waals surface area contributed by atoms with E-state index < -0.39 is 12.6 Å². The van der Waals surface area contributed by atoms with E-state index >= 15 is 0 Å². The van der Waals surface area contributed by atoms with Crippen LogP contribution in [0.25, 0.3) is 0 Å². The molecule has 2 fully saturated rings. The Bertz CT molecular complexity index is 576. The molecule has 1 heterocycles. The number of halogens is 3. The minimum atomic E-state index is -4.22. The summed E-state index contributed by atoms with van der Waals surface area (Å²) in [6, 6.07) is 5.63. The van der Waals surface area contributed by atoms with Crippen molar-refractivity contribution in [2.45, 2.75) is 44.3 Å². The summed E-state index contributed by atoms with van der Waals surface area (Å²) in [5.41, 5.74) is 0.677. The van der Waals surface area contributed by atoms with Gasteiger partial charge in [0.05, 0.1) is 6.42 Å². The number of hydrogen-bond donors (Lipinski definition) is 2. The van der Waals surface area contributed by atoms with E-state index in [0.29, 0.717) is 5.69 Å². The molecule has 0 radical (unpaired) electrons. The number of rotatable bonds is 5. The van der Waals surface area contributed by atoms with Crippen LogP contribution in [0.4, 0.5) is 23.7 Å². The smallest absolute Gasteiger partial charge is 0.335 e. The summed E-state index contributed by atoms with van der Waals surface area (Å²) in [5.74, 6) is 0.883. The van der Waals surface area contributed by atoms with Gasteiger partial charge in [0.2, 0.25) is 0 Å². The third-order valence-corrected chi connectivity index (χ3v) is 4.75. The van der Waals surface area contributed by atoms with E-state index in [-0.39, 0.29) is 17.6 Å². The molecule has 7 heteroatoms. The van der Waals surface area contributed by atoms with Crippen molar-refractivity contribution in [3.8, 4) is 0 Å². The van der Waals surface area contributed by atoms with Crippen LogP contribution in [0.3, 0.4) is 0 Å². The molecule has 0 spiro atoms. The Morgan fingerprint density at radius 2 is 1.72 bits per heavy atom. The van der Waals surface area contributed by atoms with Crippen LogP contribution in [0.1, 0.15) is 31.2 Å². The third kappa shape index (κ3) is 6.23. The first kappa shape index (κ1) is 18.0. The Hall–Kier alpha value is -1.76. The van der Waals surface area contributed by atoms with E-state index in [1.165, 1.54) is 43.7 Å². The first-order valence-electron chi connectivity index (χ1n) is 8.83. The second-order valence-corrected chi connectivity index (χ2v) is 7.11. The number of hydrogen-bond acceptors (Lipinski definition) is 2. The van der Waals surface area contributed by atoms with Crippen molar-refractivity contribution < 1.29 is 18.0 Å². The highest BCUT2D eigenvalue weighted by Crippen LogP contribution is 2.30. The summed E-state index contributed by atoms with van der Waals surface area (Å²) in [7, 11) is 0. The molecular weight excluding hydrogens is 331 g/mol. The summed E-state index contributed by atoms with van der Waals surface area (Å²) in [6.45, 7) is 3.20. The Balaban J connectivity index is 1.40. The van der Waals surface area contributed by atoms with Gasteiger partial charge in [0, 0.05) is 31.4 Å². The van der Waals surface area contributed by atoms with Gasteiger partial charge in [-0.1, -0.05) is 12.1 Å². The van der Waals surface area contributed by atoms with E-state index in [1.807, 2.05) is 0 Å². The molecule has 0 unspecified atom stereocenters. The number of likely N-dealkylation sites (tertiary alicyclic amines) is 1. The summed E-state index contributed by atoms with van der Waals surface area (Å²) < 4.78 is 37.0. The summed E-state index contributed by atoms with van der Waals surface area (Å²) in [5, 5.41) is 5.64. The van der Waals surface area contributed by atoms with Crippen molar-refractivity contribution in [2.75, 3.05) is 25.0 Å². The second-order valence-electron chi connectivity index (χ2n) is 7.11. The average Bonchev–Trinajstić information content (AvgIpc) is 3.34. The molecule has 3 rings (SSSR count). The Labute approximate surface area is 145 Å². The minimum Gasteiger partial charge on any atom is -0.335 e. The van der Waals surface area contributed by atoms with Crippen LogP contribution >= 0.6 is 0 Å². The lowest BCUT2D eigenvalue weighted by atomic mass is 10.0. The molecule has 25 heavy (non-hydrogen) atoms. The van der Waals surface area contributed by atoms with Gasteiger partial charge in [-0.3, -0.25) is 0 Å². The maximum Gasteiger partial charge on any atom is 0.393 e. The molecule has 1 aromatic rings. The van der Waals surface area contributed by atoms with Gasteiger partial charge in [0.15, 0.2) is 0 Å². The van der Waals surface area contributed by atoms with E-state index in [1.54, 1.807) is 0 Å². The number of carbonyl (C=O) groups excluding carboxylic acids is 1. The summed E-state index contributed by atoms with van der Waals surface area (Å²) >= 11 is 0. The van der Waals surface area contributed by atoms with Crippen molar-refractivity contribution in [1.29, 1.82) is 0 Å². The number of anilines is 1. The predicted octanol–water partition coefficient (Wildman–Crippen LogP) is 3.79. The van der Waals surface area contributed by atoms with Crippen molar-refractivity contribution in [3.63, 3.8) is 0 Å². The van der Waals surface area contributed by atoms with Gasteiger partial charge in [-0.25, -0.2) is 4.79 Å². The number of benzene rings is 1. The fourth-order valence-corrected chi connectivity index (χ4v) is 3.22. The minimum absolute atomic E-state index is 0.153. The quantitative estimate of drug-likeness (QED) is 0.844. The fraction of sp³-hybridized carbons (Fsp3) is 0.611. The van der Waals surface area contributed by atoms with Crippen LogP contribution in [0, 0.1) is 5.92 Å². The molecule has 1 aliphatic heterocycles. The second kappa shape index (κ2) is 7.64. The lowest BCUT2D eigenvalue weighted by Crippen LogP contribution is -2.46. The molecule has 1 aliphatic carbocycles. The molecule has 0 atom stereocenters. The van der Waals surface area contributed by atoms with Gasteiger partial charge < -0.3 is 15.5 Å². The largest absolute Gasteiger partial charge is 0.393 e. The van der Waals surface area contributed by atoms with Gasteiger partial charge >= 0.3 is 12.2 Å². The van der Waals surface area contributed by atoms with Gasteiger partial charge in [0.25, 0.3) is 0 Å². The Morgan fingerprint density at radius 3 is 2.28 bits per heavy atom. The van der Waals surface area contributed by atoms with E-state index in [4.69, 9.17) is 0 Å². The third-order valence-electron chi connectivity index (χ3n) is 4.75. The molecule has 0 aromatic heterocycles. The molecule has 138 valence electrons. The van der Waals surface area contributed by atoms with Gasteiger partial charge in [-0.15, -0.1) is 0 Å². The summed E-state index contributed by atoms with van der Waals surface area (Å²) in [4.78, 5) is 14.5. The normalized spacial score (nSPS) is 19.6. The number of nitrogens with one attached hydrogen (secondary N) is 2. The molecule has 4 nitrogen and oxygen atoms in total. The lowest BCUT2D eigenvalue weighted by Gasteiger charge is -2.32. The molecule has 1 aromatic carbocycles. The highest BCUT2D eigenvalue weighted by Gasteiger charge is 2.28. The van der Waals surface area contributed by atoms with Gasteiger partial charge in [-0.05, 0) is 49.3 Å². The lowest BCUT2D eigenvalue weighted by molar-refractivity contribution is -0.127. The van der Waals surface area contributed by atoms with E-state index in [9.17, 15) is 18.0 Å². The molecule has 2 aliphatic rings. The Morgan fingerprint density at radius 1 is 1.08 bits per heavy atom. The molecule has 0 bridgehead atoms. The molecule has 2 N–H and O–H groups in total. The van der Waals surface area contributed by atoms with Crippen LogP contribution in [-0.4, -0.2) is 42.8 Å². The topological polar surface area (TPSA) is 44.4 Å². The van der Waals surface area contributed by atoms with Crippen molar-refractivity contribution in [3.05, 3.63) is 29.8 Å². The molecule has 2 amide bonds. The van der Waals surface area contributed by atoms with Crippen molar-refractivity contribution in [1.82, 2.24) is 10.2 Å². The number of urea groups is 1. The number of carbonyl (C=O) groups is 1. The summed E-state index contributed by atoms with van der Waals surface area (Å²) in [6.07, 6.45) is -0.611. The van der Waals surface area contributed by atoms with Gasteiger partial charge in [-0.2, -0.15) is 13.2 Å². The number of alkyl halides is 3. The molecule has 1 saturated heterocycles. The van der Waals surface area contributed by atoms with Crippen LogP contribution in [0.5, 0.6) is 0 Å². The maximum absolute atomic E-state index is 12.3. The van der Waals surface area contributed by atoms with Crippen molar-refractivity contribution >= 4 is 11.7 Å². The molecule has 1 saturated carbocycles.